The van der Waals surface area contributed by atoms with Crippen LogP contribution in [0.2, 0.25) is 0 Å². The molecule has 1 saturated heterocycles. The summed E-state index contributed by atoms with van der Waals surface area (Å²) in [5, 5.41) is 3.10. The largest absolute Gasteiger partial charge is 0.456 e. The maximum absolute atomic E-state index is 12.9. The first-order chi connectivity index (χ1) is 7.81. The Morgan fingerprint density at radius 1 is 1.59 bits per heavy atom. The van der Waals surface area contributed by atoms with Gasteiger partial charge in [0, 0.05) is 12.6 Å². The van der Waals surface area contributed by atoms with Crippen LogP contribution in [-0.4, -0.2) is 56.1 Å². The van der Waals surface area contributed by atoms with Crippen molar-refractivity contribution >= 4 is 5.97 Å². The highest BCUT2D eigenvalue weighted by molar-refractivity contribution is 5.79. The average molecular weight is 250 g/mol. The Bertz CT molecular complexity index is 272. The summed E-state index contributed by atoms with van der Waals surface area (Å²) in [5.74, 6) is -4.70. The van der Waals surface area contributed by atoms with E-state index in [1.807, 2.05) is 21.0 Å². The molecule has 1 rings (SSSR count). The summed E-state index contributed by atoms with van der Waals surface area (Å²) in [7, 11) is 3.96. The van der Waals surface area contributed by atoms with Crippen molar-refractivity contribution in [3.05, 3.63) is 0 Å². The van der Waals surface area contributed by atoms with Gasteiger partial charge in [-0.15, -0.1) is 0 Å². The first-order valence-corrected chi connectivity index (χ1v) is 5.78. The van der Waals surface area contributed by atoms with Crippen molar-refractivity contribution in [2.75, 3.05) is 27.2 Å². The molecule has 17 heavy (non-hydrogen) atoms. The van der Waals surface area contributed by atoms with Crippen LogP contribution in [0.4, 0.5) is 8.78 Å². The Morgan fingerprint density at radius 3 is 2.71 bits per heavy atom. The molecule has 100 valence electrons. The zero-order chi connectivity index (χ0) is 13.1. The molecule has 1 heterocycles. The molecule has 0 aromatic carbocycles. The van der Waals surface area contributed by atoms with Gasteiger partial charge < -0.3 is 15.0 Å². The van der Waals surface area contributed by atoms with E-state index in [1.54, 1.807) is 0 Å². The molecule has 1 fully saturated rings. The standard InChI is InChI=1S/C11H20F2N2O2/c1-8(4-5-15(2)3)14-7-9-6-11(12,13)10(16)17-9/h8-9,14H,4-7H2,1-3H3. The first kappa shape index (κ1) is 14.3. The minimum atomic E-state index is -3.31. The molecule has 0 aromatic heterocycles. The molecule has 1 N–H and O–H groups in total. The summed E-state index contributed by atoms with van der Waals surface area (Å²) in [6, 6.07) is 0.213. The lowest BCUT2D eigenvalue weighted by Crippen LogP contribution is -2.35. The van der Waals surface area contributed by atoms with Crippen LogP contribution in [0.25, 0.3) is 0 Å². The minimum absolute atomic E-state index is 0.213. The first-order valence-electron chi connectivity index (χ1n) is 5.78. The molecule has 0 aliphatic carbocycles. The number of carbonyl (C=O) groups excluding carboxylic acids is 1. The Kier molecular flexibility index (Phi) is 4.82. The lowest BCUT2D eigenvalue weighted by atomic mass is 10.1. The molecule has 1 aliphatic rings. The zero-order valence-corrected chi connectivity index (χ0v) is 10.5. The second-order valence-corrected chi connectivity index (χ2v) is 4.84. The van der Waals surface area contributed by atoms with E-state index in [0.29, 0.717) is 0 Å². The van der Waals surface area contributed by atoms with Crippen LogP contribution in [0.5, 0.6) is 0 Å². The van der Waals surface area contributed by atoms with Crippen LogP contribution >= 0.6 is 0 Å². The van der Waals surface area contributed by atoms with Gasteiger partial charge in [-0.05, 0) is 34.0 Å². The molecular formula is C11H20F2N2O2. The van der Waals surface area contributed by atoms with Gasteiger partial charge in [-0.2, -0.15) is 8.78 Å². The Morgan fingerprint density at radius 2 is 2.24 bits per heavy atom. The zero-order valence-electron chi connectivity index (χ0n) is 10.5. The third-order valence-electron chi connectivity index (χ3n) is 2.76. The highest BCUT2D eigenvalue weighted by Gasteiger charge is 2.50. The van der Waals surface area contributed by atoms with Crippen LogP contribution in [0.3, 0.4) is 0 Å². The van der Waals surface area contributed by atoms with Crippen molar-refractivity contribution in [3.8, 4) is 0 Å². The van der Waals surface area contributed by atoms with E-state index in [0.717, 1.165) is 13.0 Å². The molecule has 0 aromatic rings. The van der Waals surface area contributed by atoms with Crippen LogP contribution in [0.1, 0.15) is 19.8 Å². The molecular weight excluding hydrogens is 230 g/mol. The summed E-state index contributed by atoms with van der Waals surface area (Å²) in [6.07, 6.45) is -0.303. The number of hydrogen-bond donors (Lipinski definition) is 1. The third-order valence-corrected chi connectivity index (χ3v) is 2.76. The minimum Gasteiger partial charge on any atom is -0.456 e. The van der Waals surface area contributed by atoms with E-state index in [2.05, 4.69) is 15.0 Å². The van der Waals surface area contributed by atoms with E-state index in [-0.39, 0.29) is 12.6 Å². The molecule has 0 bridgehead atoms. The monoisotopic (exact) mass is 250 g/mol. The molecule has 0 amide bonds. The number of alkyl halides is 2. The van der Waals surface area contributed by atoms with E-state index >= 15 is 0 Å². The van der Waals surface area contributed by atoms with Crippen molar-refractivity contribution < 1.29 is 18.3 Å². The summed E-state index contributed by atoms with van der Waals surface area (Å²) < 4.78 is 30.3. The van der Waals surface area contributed by atoms with Gasteiger partial charge in [-0.25, -0.2) is 4.79 Å². The van der Waals surface area contributed by atoms with Crippen molar-refractivity contribution in [1.82, 2.24) is 10.2 Å². The van der Waals surface area contributed by atoms with Gasteiger partial charge in [-0.1, -0.05) is 0 Å². The van der Waals surface area contributed by atoms with Crippen molar-refractivity contribution in [2.45, 2.75) is 37.8 Å². The van der Waals surface area contributed by atoms with Gasteiger partial charge in [0.25, 0.3) is 0 Å². The highest BCUT2D eigenvalue weighted by Crippen LogP contribution is 2.30. The molecule has 4 nitrogen and oxygen atoms in total. The predicted octanol–water partition coefficient (Wildman–Crippen LogP) is 0.867. The molecule has 6 heteroatoms. The van der Waals surface area contributed by atoms with E-state index in [4.69, 9.17) is 0 Å². The van der Waals surface area contributed by atoms with Crippen LogP contribution in [-0.2, 0) is 9.53 Å². The Balaban J connectivity index is 2.21. The van der Waals surface area contributed by atoms with Gasteiger partial charge >= 0.3 is 11.9 Å². The average Bonchev–Trinajstić information content (AvgIpc) is 2.47. The normalized spacial score (nSPS) is 25.1. The van der Waals surface area contributed by atoms with Crippen molar-refractivity contribution in [2.24, 2.45) is 0 Å². The molecule has 0 radical (unpaired) electrons. The smallest absolute Gasteiger partial charge is 0.377 e. The van der Waals surface area contributed by atoms with Crippen LogP contribution in [0, 0.1) is 0 Å². The topological polar surface area (TPSA) is 41.6 Å². The fraction of sp³-hybridized carbons (Fsp3) is 0.909. The van der Waals surface area contributed by atoms with Gasteiger partial charge in [0.15, 0.2) is 0 Å². The van der Waals surface area contributed by atoms with Crippen molar-refractivity contribution in [3.63, 3.8) is 0 Å². The van der Waals surface area contributed by atoms with E-state index < -0.39 is 24.4 Å². The van der Waals surface area contributed by atoms with Crippen molar-refractivity contribution in [1.29, 1.82) is 0 Å². The molecule has 1 aliphatic heterocycles. The van der Waals surface area contributed by atoms with Crippen LogP contribution in [0.15, 0.2) is 0 Å². The predicted molar refractivity (Wildman–Crippen MR) is 60.1 cm³/mol. The maximum Gasteiger partial charge on any atom is 0.377 e. The van der Waals surface area contributed by atoms with Gasteiger partial charge in [-0.3, -0.25) is 0 Å². The number of hydrogen-bond acceptors (Lipinski definition) is 4. The quantitative estimate of drug-likeness (QED) is 0.710. The number of halogens is 2. The number of cyclic esters (lactones) is 1. The Hall–Kier alpha value is -0.750. The fourth-order valence-corrected chi connectivity index (χ4v) is 1.65. The third kappa shape index (κ3) is 4.55. The number of carbonyl (C=O) groups is 1. The second-order valence-electron chi connectivity index (χ2n) is 4.84. The fourth-order valence-electron chi connectivity index (χ4n) is 1.65. The summed E-state index contributed by atoms with van der Waals surface area (Å²) in [6.45, 7) is 3.20. The van der Waals surface area contributed by atoms with E-state index in [9.17, 15) is 13.6 Å². The number of ether oxygens (including phenoxy) is 1. The number of esters is 1. The highest BCUT2D eigenvalue weighted by atomic mass is 19.3. The SMILES string of the molecule is CC(CCN(C)C)NCC1CC(F)(F)C(=O)O1. The molecule has 2 atom stereocenters. The summed E-state index contributed by atoms with van der Waals surface area (Å²) >= 11 is 0. The number of rotatable bonds is 6. The molecule has 0 spiro atoms. The second kappa shape index (κ2) is 5.73. The summed E-state index contributed by atoms with van der Waals surface area (Å²) in [4.78, 5) is 12.8. The Labute approximate surface area is 100 Å². The van der Waals surface area contributed by atoms with Gasteiger partial charge in [0.05, 0.1) is 6.42 Å². The maximum atomic E-state index is 12.9. The molecule has 0 saturated carbocycles. The van der Waals surface area contributed by atoms with Gasteiger partial charge in [0.2, 0.25) is 0 Å². The summed E-state index contributed by atoms with van der Waals surface area (Å²) in [5.41, 5.74) is 0. The van der Waals surface area contributed by atoms with Crippen LogP contribution < -0.4 is 5.32 Å². The van der Waals surface area contributed by atoms with E-state index in [1.165, 1.54) is 0 Å². The lowest BCUT2D eigenvalue weighted by Gasteiger charge is -2.18. The number of nitrogens with zero attached hydrogens (tertiary/aromatic N) is 1. The lowest BCUT2D eigenvalue weighted by molar-refractivity contribution is -0.159. The molecule has 2 unspecified atom stereocenters. The van der Waals surface area contributed by atoms with Gasteiger partial charge in [0.1, 0.15) is 6.10 Å². The number of nitrogens with one attached hydrogen (secondary N) is 1.